The Kier molecular flexibility index (Phi) is 385. The van der Waals surface area contributed by atoms with Crippen molar-refractivity contribution in [2.75, 3.05) is 0 Å². The second-order valence-electron chi connectivity index (χ2n) is 0.236. The number of hydrogen-bond acceptors (Lipinski definition) is 1. The van der Waals surface area contributed by atoms with Gasteiger partial charge in [-0.2, -0.15) is 0 Å². The normalized spacial score (nSPS) is 3.20. The van der Waals surface area contributed by atoms with Gasteiger partial charge in [-0.15, -0.1) is 13.2 Å². The Morgan fingerprint density at radius 1 is 1.40 bits per heavy atom. The summed E-state index contributed by atoms with van der Waals surface area (Å²) in [5, 5.41) is 0. The van der Waals surface area contributed by atoms with Crippen LogP contribution in [-0.2, 0) is 0 Å². The monoisotopic (exact) mass is 71.1 g/mol. The Morgan fingerprint density at radius 3 is 1.40 bits per heavy atom. The lowest BCUT2D eigenvalue weighted by atomic mass is 11.1. The molecule has 0 aliphatic heterocycles. The van der Waals surface area contributed by atoms with E-state index in [0.717, 1.165) is 0 Å². The van der Waals surface area contributed by atoms with E-state index in [0.29, 0.717) is 0 Å². The molecule has 0 aliphatic rings. The highest BCUT2D eigenvalue weighted by Gasteiger charge is 1.09. The van der Waals surface area contributed by atoms with E-state index in [1.807, 2.05) is 0 Å². The van der Waals surface area contributed by atoms with E-state index in [-0.39, 0.29) is 0 Å². The molecule has 0 heterocycles. The lowest BCUT2D eigenvalue weighted by molar-refractivity contribution is 1.64. The summed E-state index contributed by atoms with van der Waals surface area (Å²) in [6.45, 7) is 9.14. The molecule has 0 bridgehead atoms. The van der Waals surface area contributed by atoms with Crippen LogP contribution >= 0.6 is 0 Å². The quantitative estimate of drug-likeness (QED) is 0.422. The zero-order chi connectivity index (χ0) is 4.71. The van der Waals surface area contributed by atoms with Gasteiger partial charge >= 0.3 is 0 Å². The van der Waals surface area contributed by atoms with E-state index in [1.165, 1.54) is 6.20 Å². The van der Waals surface area contributed by atoms with Gasteiger partial charge < -0.3 is 5.73 Å². The summed E-state index contributed by atoms with van der Waals surface area (Å²) >= 11 is 0. The van der Waals surface area contributed by atoms with Crippen molar-refractivity contribution < 1.29 is 0 Å². The fraction of sp³-hybridized carbons (Fsp3) is 0. The molecule has 0 amide bonds. The molecule has 0 rings (SSSR count). The van der Waals surface area contributed by atoms with Gasteiger partial charge in [-0.1, -0.05) is 6.58 Å². The van der Waals surface area contributed by atoms with Gasteiger partial charge in [0, 0.05) is 0 Å². The molecule has 1 heteroatoms. The van der Waals surface area contributed by atoms with Crippen LogP contribution in [0.1, 0.15) is 0 Å². The lowest BCUT2D eigenvalue weighted by Crippen LogP contribution is -1.67. The highest BCUT2D eigenvalue weighted by molar-refractivity contribution is 4.48. The molecular formula is C4H9N. The second kappa shape index (κ2) is 217. The molecule has 0 saturated heterocycles. The predicted octanol–water partition coefficient (Wildman–Crippen LogP) is 0.891. The summed E-state index contributed by atoms with van der Waals surface area (Å²) in [5.74, 6) is 0. The van der Waals surface area contributed by atoms with Crippen LogP contribution in [0.3, 0.4) is 0 Å². The maximum atomic E-state index is 4.61. The fourth-order valence-corrected chi connectivity index (χ4v) is 0. The van der Waals surface area contributed by atoms with Crippen molar-refractivity contribution in [1.29, 1.82) is 0 Å². The minimum Gasteiger partial charge on any atom is -0.405 e. The lowest BCUT2D eigenvalue weighted by Gasteiger charge is -1.40. The average molecular weight is 71.1 g/mol. The van der Waals surface area contributed by atoms with E-state index in [2.05, 4.69) is 25.5 Å². The van der Waals surface area contributed by atoms with Gasteiger partial charge in [-0.3, -0.25) is 0 Å². The van der Waals surface area contributed by atoms with Gasteiger partial charge in [-0.05, 0) is 6.20 Å². The summed E-state index contributed by atoms with van der Waals surface area (Å²) in [4.78, 5) is 0. The fourth-order valence-electron chi connectivity index (χ4n) is 0. The molecule has 0 radical (unpaired) electrons. The van der Waals surface area contributed by atoms with Crippen LogP contribution in [0.25, 0.3) is 0 Å². The van der Waals surface area contributed by atoms with Crippen molar-refractivity contribution >= 4 is 0 Å². The zero-order valence-corrected chi connectivity index (χ0v) is 3.28. The van der Waals surface area contributed by atoms with E-state index in [1.54, 1.807) is 0 Å². The van der Waals surface area contributed by atoms with Crippen molar-refractivity contribution in [2.24, 2.45) is 5.73 Å². The Labute approximate surface area is 32.8 Å². The van der Waals surface area contributed by atoms with Crippen LogP contribution < -0.4 is 5.73 Å². The first-order valence-electron chi connectivity index (χ1n) is 1.24. The molecule has 5 heavy (non-hydrogen) atoms. The largest absolute Gasteiger partial charge is 0.405 e. The first kappa shape index (κ1) is 8.86. The molecule has 0 saturated carbocycles. The molecular weight excluding hydrogens is 62.1 g/mol. The van der Waals surface area contributed by atoms with Crippen LogP contribution in [0, 0.1) is 0 Å². The van der Waals surface area contributed by atoms with Gasteiger partial charge in [0.15, 0.2) is 0 Å². The summed E-state index contributed by atoms with van der Waals surface area (Å²) in [6, 6.07) is 0. The van der Waals surface area contributed by atoms with E-state index in [4.69, 9.17) is 0 Å². The van der Waals surface area contributed by atoms with E-state index in [9.17, 15) is 0 Å². The topological polar surface area (TPSA) is 26.0 Å². The third-order valence-corrected chi connectivity index (χ3v) is 0. The minimum atomic E-state index is 1.25. The third-order valence-electron chi connectivity index (χ3n) is 0. The van der Waals surface area contributed by atoms with Gasteiger partial charge in [0.1, 0.15) is 0 Å². The summed E-state index contributed by atoms with van der Waals surface area (Å²) < 4.78 is 0. The molecule has 0 unspecified atom stereocenters. The first-order valence-corrected chi connectivity index (χ1v) is 1.24. The van der Waals surface area contributed by atoms with Crippen molar-refractivity contribution in [3.05, 3.63) is 25.9 Å². The predicted molar refractivity (Wildman–Crippen MR) is 25.6 cm³/mol. The molecule has 0 spiro atoms. The van der Waals surface area contributed by atoms with Crippen molar-refractivity contribution in [2.45, 2.75) is 0 Å². The molecule has 1 nitrogen and oxygen atoms in total. The third kappa shape index (κ3) is 10.4. The Balaban J connectivity index is 0. The summed E-state index contributed by atoms with van der Waals surface area (Å²) in [5.41, 5.74) is 4.61. The molecule has 0 aromatic carbocycles. The standard InChI is InChI=1S/C2H5N.C2H4/c1-2-3;1-2/h2H,1,3H2;1-2H2. The molecule has 0 fully saturated rings. The van der Waals surface area contributed by atoms with Crippen LogP contribution in [-0.4, -0.2) is 0 Å². The number of hydrogen-bond donors (Lipinski definition) is 1. The number of nitrogens with two attached hydrogens (primary N) is 1. The highest BCUT2D eigenvalue weighted by atomic mass is 14.5. The van der Waals surface area contributed by atoms with Crippen LogP contribution in [0.4, 0.5) is 0 Å². The maximum Gasteiger partial charge on any atom is -0.0136 e. The Morgan fingerprint density at radius 2 is 1.40 bits per heavy atom. The summed E-state index contributed by atoms with van der Waals surface area (Å²) in [7, 11) is 0. The minimum absolute atomic E-state index is 1.25. The molecule has 0 aliphatic carbocycles. The van der Waals surface area contributed by atoms with Gasteiger partial charge in [0.2, 0.25) is 0 Å². The Bertz CT molecular complexity index is 17.6. The first-order chi connectivity index (χ1) is 2.41. The molecule has 0 aromatic heterocycles. The molecule has 0 aromatic rings. The van der Waals surface area contributed by atoms with Crippen LogP contribution in [0.2, 0.25) is 0 Å². The number of rotatable bonds is 0. The van der Waals surface area contributed by atoms with Crippen LogP contribution in [0.5, 0.6) is 0 Å². The van der Waals surface area contributed by atoms with Gasteiger partial charge in [-0.25, -0.2) is 0 Å². The van der Waals surface area contributed by atoms with Crippen molar-refractivity contribution in [1.82, 2.24) is 0 Å². The van der Waals surface area contributed by atoms with Crippen LogP contribution in [0.15, 0.2) is 25.9 Å². The zero-order valence-electron chi connectivity index (χ0n) is 3.28. The molecule has 0 atom stereocenters. The highest BCUT2D eigenvalue weighted by Crippen LogP contribution is 1.13. The maximum absolute atomic E-state index is 4.61. The SMILES string of the molecule is C=C.C=CN. The smallest absolute Gasteiger partial charge is 0.0136 e. The van der Waals surface area contributed by atoms with Crippen molar-refractivity contribution in [3.63, 3.8) is 0 Å². The Hall–Kier alpha value is -0.720. The average Bonchev–Trinajstić information content (AvgIpc) is 1.46. The van der Waals surface area contributed by atoms with Crippen molar-refractivity contribution in [3.8, 4) is 0 Å². The molecule has 30 valence electrons. The van der Waals surface area contributed by atoms with Gasteiger partial charge in [0.25, 0.3) is 0 Å². The molecule has 2 N–H and O–H groups in total. The van der Waals surface area contributed by atoms with E-state index < -0.39 is 0 Å². The van der Waals surface area contributed by atoms with Gasteiger partial charge in [0.05, 0.1) is 0 Å². The second-order valence-corrected chi connectivity index (χ2v) is 0.236. The van der Waals surface area contributed by atoms with E-state index >= 15 is 0 Å². The summed E-state index contributed by atoms with van der Waals surface area (Å²) in [6.07, 6.45) is 1.25.